The molecule has 0 heterocycles. The first-order chi connectivity index (χ1) is 24.5. The Morgan fingerprint density at radius 3 is 1.16 bits per heavy atom. The molecule has 0 radical (unpaired) electrons. The summed E-state index contributed by atoms with van der Waals surface area (Å²) in [6.07, 6.45) is 15.5. The largest absolute Gasteiger partial charge is 0.357 e. The second-order valence-corrected chi connectivity index (χ2v) is 19.1. The summed E-state index contributed by atoms with van der Waals surface area (Å²) in [5.41, 5.74) is 6.38. The molecule has 0 fully saturated rings. The van der Waals surface area contributed by atoms with Gasteiger partial charge in [-0.1, -0.05) is 152 Å². The van der Waals surface area contributed by atoms with E-state index in [9.17, 15) is 0 Å². The van der Waals surface area contributed by atoms with Crippen LogP contribution in [0.4, 0.5) is 0 Å². The maximum absolute atomic E-state index is 6.90. The molecule has 0 spiro atoms. The summed E-state index contributed by atoms with van der Waals surface area (Å²) in [7, 11) is 1.63. The van der Waals surface area contributed by atoms with Crippen LogP contribution in [0.15, 0.2) is 72.8 Å². The number of methoxy groups -OCH3 is 2. The van der Waals surface area contributed by atoms with Crippen LogP contribution in [-0.4, -0.2) is 22.3 Å². The number of unbranched alkanes of at least 4 members (excludes halogenated alkanes) is 9. The minimum absolute atomic E-state index is 0.969. The molecule has 0 N–H and O–H groups in total. The molecule has 1 aliphatic rings. The van der Waals surface area contributed by atoms with Crippen LogP contribution in [0.3, 0.4) is 0 Å². The zero-order valence-corrected chi connectivity index (χ0v) is 33.8. The normalized spacial score (nSPS) is 18.2. The fourth-order valence-electron chi connectivity index (χ4n) is 8.27. The van der Waals surface area contributed by atoms with Gasteiger partial charge in [-0.15, -0.1) is 5.54 Å². The molecule has 5 rings (SSSR count). The Bertz CT molecular complexity index is 1740. The number of halogens is 1. The Morgan fingerprint density at radius 1 is 0.520 bits per heavy atom. The third kappa shape index (κ3) is 7.95. The first kappa shape index (κ1) is 38.4. The third-order valence-electron chi connectivity index (χ3n) is 11.2. The molecule has 0 bridgehead atoms. The molecule has 264 valence electrons. The Kier molecular flexibility index (Phi) is 13.9. The van der Waals surface area contributed by atoms with Crippen LogP contribution in [0.1, 0.15) is 120 Å². The average molecular weight is 750 g/mol. The molecule has 0 atom stereocenters. The lowest BCUT2D eigenvalue weighted by Gasteiger charge is -2.44. The molecule has 0 aliphatic heterocycles. The lowest BCUT2D eigenvalue weighted by molar-refractivity contribution is 0.0334. The highest BCUT2D eigenvalue weighted by atomic mass is 79.9. The molecule has 0 amide bonds. The van der Waals surface area contributed by atoms with Gasteiger partial charge in [-0.25, -0.2) is 0 Å². The Labute approximate surface area is 312 Å². The third-order valence-corrected chi connectivity index (χ3v) is 15.9. The fourth-order valence-corrected chi connectivity index (χ4v) is 12.9. The van der Waals surface area contributed by atoms with Gasteiger partial charge in [0.1, 0.15) is 8.07 Å². The lowest BCUT2D eigenvalue weighted by atomic mass is 9.66. The van der Waals surface area contributed by atoms with E-state index < -0.39 is 19.3 Å². The van der Waals surface area contributed by atoms with Gasteiger partial charge in [0.05, 0.1) is 0 Å². The Morgan fingerprint density at radius 2 is 0.860 bits per heavy atom. The van der Waals surface area contributed by atoms with Gasteiger partial charge in [0.15, 0.2) is 11.2 Å². The van der Waals surface area contributed by atoms with Gasteiger partial charge < -0.3 is 9.47 Å². The summed E-state index contributed by atoms with van der Waals surface area (Å²) in [6.45, 7) is 6.94. The average Bonchev–Trinajstić information content (AvgIpc) is 3.15. The molecule has 4 aromatic carbocycles. The van der Waals surface area contributed by atoms with E-state index in [1.807, 2.05) is 7.11 Å². The van der Waals surface area contributed by atoms with E-state index in [1.54, 1.807) is 7.11 Å². The topological polar surface area (TPSA) is 18.5 Å². The monoisotopic (exact) mass is 748 g/mol. The van der Waals surface area contributed by atoms with Crippen molar-refractivity contribution < 1.29 is 9.47 Å². The number of hydrogen-bond acceptors (Lipinski definition) is 2. The van der Waals surface area contributed by atoms with Crippen LogP contribution in [0.2, 0.25) is 18.1 Å². The van der Waals surface area contributed by atoms with Crippen molar-refractivity contribution in [3.63, 3.8) is 0 Å². The molecular weight excluding hydrogens is 692 g/mol. The zero-order chi connectivity index (χ0) is 35.5. The lowest BCUT2D eigenvalue weighted by Crippen LogP contribution is -2.44. The van der Waals surface area contributed by atoms with Crippen LogP contribution in [-0.2, 0) is 20.7 Å². The summed E-state index contributed by atoms with van der Waals surface area (Å²) in [5, 5.41) is 4.63. The van der Waals surface area contributed by atoms with Gasteiger partial charge >= 0.3 is 0 Å². The van der Waals surface area contributed by atoms with Crippen molar-refractivity contribution in [2.24, 2.45) is 0 Å². The molecule has 4 heteroatoms. The summed E-state index contributed by atoms with van der Waals surface area (Å²) in [6, 6.07) is 30.1. The first-order valence-electron chi connectivity index (χ1n) is 19.3. The van der Waals surface area contributed by atoms with Crippen LogP contribution < -0.4 is 0 Å². The van der Waals surface area contributed by atoms with Crippen molar-refractivity contribution in [2.75, 3.05) is 14.2 Å². The number of benzene rings is 4. The van der Waals surface area contributed by atoms with E-state index >= 15 is 0 Å². The van der Waals surface area contributed by atoms with Crippen molar-refractivity contribution in [3.05, 3.63) is 95.1 Å². The molecule has 2 nitrogen and oxygen atoms in total. The minimum atomic E-state index is -2.01. The van der Waals surface area contributed by atoms with Gasteiger partial charge in [0.25, 0.3) is 0 Å². The van der Waals surface area contributed by atoms with E-state index in [4.69, 9.17) is 9.47 Å². The Balaban J connectivity index is 1.81. The standard InChI is InChI=1S/C46H57BrO2Si/c1-6-9-12-19-29-50(30-20-13-10-7-2,31-21-14-11-8-3)32-27-46(49-5)43-35-39-24-17-15-22-37(39)33-41(43)45(48-4,26-28-47)42-34-38-23-16-18-25-40(38)36-44(42)46/h15-18,22-25,33-36H,6-14,19-21,29-31H2,1-5H3. The smallest absolute Gasteiger partial charge is 0.181 e. The maximum Gasteiger partial charge on any atom is 0.181 e. The highest BCUT2D eigenvalue weighted by Crippen LogP contribution is 2.53. The van der Waals surface area contributed by atoms with Crippen molar-refractivity contribution >= 4 is 45.5 Å². The SMILES string of the molecule is CCCCCC[Si](C#CC1(OC)c2cc3ccccc3cc2C(C#CBr)(OC)c2cc3ccccc3cc21)(CCCCCC)CCCCCC. The molecule has 1 aliphatic carbocycles. The zero-order valence-electron chi connectivity index (χ0n) is 31.2. The van der Waals surface area contributed by atoms with Crippen LogP contribution in [0, 0.1) is 22.2 Å². The molecular formula is C46H57BrO2Si. The first-order valence-corrected chi connectivity index (χ1v) is 22.7. The summed E-state index contributed by atoms with van der Waals surface area (Å²) in [5.74, 6) is 7.56. The molecule has 50 heavy (non-hydrogen) atoms. The molecule has 0 saturated heterocycles. The highest BCUT2D eigenvalue weighted by Gasteiger charge is 2.51. The van der Waals surface area contributed by atoms with E-state index in [0.29, 0.717) is 0 Å². The van der Waals surface area contributed by atoms with Crippen LogP contribution in [0.25, 0.3) is 21.5 Å². The summed E-state index contributed by atoms with van der Waals surface area (Å²) >= 11 is 3.48. The van der Waals surface area contributed by atoms with Gasteiger partial charge in [-0.3, -0.25) is 0 Å². The predicted molar refractivity (Wildman–Crippen MR) is 221 cm³/mol. The number of fused-ring (bicyclic) bond motifs is 4. The quantitative estimate of drug-likeness (QED) is 0.0608. The van der Waals surface area contributed by atoms with Crippen LogP contribution >= 0.6 is 15.9 Å². The van der Waals surface area contributed by atoms with Crippen molar-refractivity contribution in [1.29, 1.82) is 0 Å². The van der Waals surface area contributed by atoms with E-state index in [0.717, 1.165) is 43.8 Å². The van der Waals surface area contributed by atoms with Gasteiger partial charge in [-0.05, 0) is 74.7 Å². The second-order valence-electron chi connectivity index (χ2n) is 14.4. The van der Waals surface area contributed by atoms with E-state index in [1.165, 1.54) is 95.2 Å². The number of hydrogen-bond donors (Lipinski definition) is 0. The number of rotatable bonds is 17. The summed E-state index contributed by atoms with van der Waals surface area (Å²) in [4.78, 5) is 3.08. The Hall–Kier alpha value is -2.86. The van der Waals surface area contributed by atoms with Gasteiger partial charge in [-0.2, -0.15) is 0 Å². The van der Waals surface area contributed by atoms with E-state index in [2.05, 4.69) is 132 Å². The van der Waals surface area contributed by atoms with Crippen molar-refractivity contribution in [2.45, 2.75) is 127 Å². The highest BCUT2D eigenvalue weighted by molar-refractivity contribution is 9.12. The van der Waals surface area contributed by atoms with Crippen molar-refractivity contribution in [3.8, 4) is 22.2 Å². The maximum atomic E-state index is 6.90. The predicted octanol–water partition coefficient (Wildman–Crippen LogP) is 13.2. The fraction of sp³-hybridized carbons (Fsp3) is 0.478. The van der Waals surface area contributed by atoms with Crippen LogP contribution in [0.5, 0.6) is 0 Å². The van der Waals surface area contributed by atoms with Crippen molar-refractivity contribution in [1.82, 2.24) is 0 Å². The second kappa shape index (κ2) is 18.1. The number of ether oxygens (including phenoxy) is 2. The van der Waals surface area contributed by atoms with Gasteiger partial charge in [0, 0.05) is 52.4 Å². The summed E-state index contributed by atoms with van der Waals surface area (Å²) < 4.78 is 13.5. The molecule has 0 saturated carbocycles. The molecule has 4 aromatic rings. The van der Waals surface area contributed by atoms with Gasteiger partial charge in [0.2, 0.25) is 0 Å². The molecule has 0 aromatic heterocycles. The van der Waals surface area contributed by atoms with E-state index in [-0.39, 0.29) is 0 Å². The minimum Gasteiger partial charge on any atom is -0.357 e. The molecule has 0 unspecified atom stereocenters.